The maximum atomic E-state index is 5.83. The quantitative estimate of drug-likeness (QED) is 0.836. The lowest BCUT2D eigenvalue weighted by molar-refractivity contribution is 0.312. The lowest BCUT2D eigenvalue weighted by Crippen LogP contribution is -2.02. The molecule has 0 N–H and O–H groups in total. The van der Waals surface area contributed by atoms with Crippen molar-refractivity contribution < 1.29 is 4.74 Å². The Morgan fingerprint density at radius 1 is 1.29 bits per heavy atom. The van der Waals surface area contributed by atoms with Crippen molar-refractivity contribution in [2.75, 3.05) is 6.61 Å². The molecule has 2 aromatic heterocycles. The molecule has 2 rings (SSSR count). The Kier molecular flexibility index (Phi) is 3.49. The van der Waals surface area contributed by atoms with E-state index < -0.39 is 0 Å². The van der Waals surface area contributed by atoms with Crippen LogP contribution in [0.4, 0.5) is 0 Å². The van der Waals surface area contributed by atoms with Gasteiger partial charge in [0.15, 0.2) is 5.82 Å². The highest BCUT2D eigenvalue weighted by atomic mass is 35.5. The molecule has 0 aromatic carbocycles. The topological polar surface area (TPSA) is 60.8 Å². The Bertz CT molecular complexity index is 533. The molecule has 0 radical (unpaired) electrons. The van der Waals surface area contributed by atoms with Crippen molar-refractivity contribution in [1.29, 1.82) is 0 Å². The molecule has 0 saturated carbocycles. The molecular weight excluding hydrogens is 240 g/mol. The number of nitrogens with zero attached hydrogens (tertiary/aromatic N) is 4. The fourth-order valence-electron chi connectivity index (χ4n) is 1.37. The Balaban J connectivity index is 2.48. The Hall–Kier alpha value is -1.75. The van der Waals surface area contributed by atoms with E-state index in [9.17, 15) is 0 Å². The van der Waals surface area contributed by atoms with E-state index in [0.29, 0.717) is 12.4 Å². The second-order valence-electron chi connectivity index (χ2n) is 3.33. The van der Waals surface area contributed by atoms with E-state index >= 15 is 0 Å². The molecule has 0 bridgehead atoms. The first-order valence-electron chi connectivity index (χ1n) is 5.16. The number of hydrogen-bond donors (Lipinski definition) is 0. The molecule has 5 nitrogen and oxygen atoms in total. The molecule has 6 heteroatoms. The van der Waals surface area contributed by atoms with Gasteiger partial charge in [0.25, 0.3) is 0 Å². The van der Waals surface area contributed by atoms with Crippen LogP contribution < -0.4 is 4.74 Å². The van der Waals surface area contributed by atoms with Crippen LogP contribution in [0.15, 0.2) is 18.5 Å². The van der Waals surface area contributed by atoms with Gasteiger partial charge in [0.1, 0.15) is 0 Å². The van der Waals surface area contributed by atoms with E-state index in [1.807, 2.05) is 19.9 Å². The molecule has 0 spiro atoms. The fraction of sp³-hybridized carbons (Fsp3) is 0.273. The van der Waals surface area contributed by atoms with Crippen molar-refractivity contribution in [2.45, 2.75) is 13.8 Å². The van der Waals surface area contributed by atoms with Crippen LogP contribution in [-0.2, 0) is 0 Å². The maximum Gasteiger partial charge on any atom is 0.321 e. The monoisotopic (exact) mass is 250 g/mol. The van der Waals surface area contributed by atoms with Gasteiger partial charge in [-0.1, -0.05) is 0 Å². The summed E-state index contributed by atoms with van der Waals surface area (Å²) in [6, 6.07) is 2.06. The van der Waals surface area contributed by atoms with Crippen molar-refractivity contribution in [2.24, 2.45) is 0 Å². The largest absolute Gasteiger partial charge is 0.464 e. The summed E-state index contributed by atoms with van der Waals surface area (Å²) in [4.78, 5) is 16.2. The zero-order chi connectivity index (χ0) is 12.3. The van der Waals surface area contributed by atoms with Gasteiger partial charge in [-0.05, 0) is 37.1 Å². The summed E-state index contributed by atoms with van der Waals surface area (Å²) >= 11 is 5.83. The first kappa shape index (κ1) is 11.7. The van der Waals surface area contributed by atoms with Gasteiger partial charge in [-0.3, -0.25) is 4.98 Å². The van der Waals surface area contributed by atoms with Crippen LogP contribution in [0.5, 0.6) is 6.01 Å². The first-order chi connectivity index (χ1) is 8.20. The van der Waals surface area contributed by atoms with Crippen LogP contribution in [0.2, 0.25) is 5.28 Å². The van der Waals surface area contributed by atoms with Gasteiger partial charge in [-0.15, -0.1) is 0 Å². The highest BCUT2D eigenvalue weighted by Crippen LogP contribution is 2.21. The smallest absolute Gasteiger partial charge is 0.321 e. The summed E-state index contributed by atoms with van der Waals surface area (Å²) in [5, 5.41) is 0.120. The summed E-state index contributed by atoms with van der Waals surface area (Å²) in [6.07, 6.45) is 3.42. The molecule has 2 heterocycles. The van der Waals surface area contributed by atoms with E-state index in [2.05, 4.69) is 19.9 Å². The van der Waals surface area contributed by atoms with Gasteiger partial charge < -0.3 is 4.74 Å². The zero-order valence-electron chi connectivity index (χ0n) is 9.51. The van der Waals surface area contributed by atoms with Crippen molar-refractivity contribution in [3.05, 3.63) is 29.3 Å². The second-order valence-corrected chi connectivity index (χ2v) is 3.67. The zero-order valence-corrected chi connectivity index (χ0v) is 10.3. The average molecular weight is 251 g/mol. The lowest BCUT2D eigenvalue weighted by atomic mass is 10.1. The minimum absolute atomic E-state index is 0.120. The van der Waals surface area contributed by atoms with Gasteiger partial charge in [-0.25, -0.2) is 0 Å². The minimum Gasteiger partial charge on any atom is -0.464 e. The number of ether oxygens (including phenoxy) is 1. The fourth-order valence-corrected chi connectivity index (χ4v) is 1.52. The summed E-state index contributed by atoms with van der Waals surface area (Å²) in [5.74, 6) is 0.494. The van der Waals surface area contributed by atoms with Crippen LogP contribution in [-0.4, -0.2) is 26.5 Å². The molecule has 2 aromatic rings. The van der Waals surface area contributed by atoms with Crippen molar-refractivity contribution in [3.63, 3.8) is 0 Å². The molecule has 0 saturated heterocycles. The number of hydrogen-bond acceptors (Lipinski definition) is 5. The van der Waals surface area contributed by atoms with Gasteiger partial charge in [0, 0.05) is 18.0 Å². The molecule has 0 aliphatic heterocycles. The van der Waals surface area contributed by atoms with Gasteiger partial charge in [0.05, 0.1) is 6.61 Å². The minimum atomic E-state index is 0.120. The molecule has 0 unspecified atom stereocenters. The Morgan fingerprint density at radius 2 is 2.12 bits per heavy atom. The van der Waals surface area contributed by atoms with Crippen LogP contribution in [0.3, 0.4) is 0 Å². The molecule has 17 heavy (non-hydrogen) atoms. The van der Waals surface area contributed by atoms with Crippen LogP contribution >= 0.6 is 11.6 Å². The van der Waals surface area contributed by atoms with Crippen LogP contribution in [0.25, 0.3) is 11.4 Å². The molecule has 0 atom stereocenters. The predicted octanol–water partition coefficient (Wildman–Crippen LogP) is 2.29. The van der Waals surface area contributed by atoms with E-state index in [1.165, 1.54) is 0 Å². The van der Waals surface area contributed by atoms with Crippen molar-refractivity contribution >= 4 is 11.6 Å². The molecule has 0 aliphatic carbocycles. The number of rotatable bonds is 3. The van der Waals surface area contributed by atoms with Gasteiger partial charge >= 0.3 is 6.01 Å². The van der Waals surface area contributed by atoms with Crippen LogP contribution in [0, 0.1) is 6.92 Å². The molecule has 0 fully saturated rings. The number of aromatic nitrogens is 4. The normalized spacial score (nSPS) is 10.3. The Morgan fingerprint density at radius 3 is 2.82 bits per heavy atom. The SMILES string of the molecule is CCOc1nc(Cl)nc(-c2ccncc2C)n1. The van der Waals surface area contributed by atoms with Gasteiger partial charge in [-0.2, -0.15) is 15.0 Å². The Labute approximate surface area is 104 Å². The number of pyridine rings is 1. The van der Waals surface area contributed by atoms with E-state index in [4.69, 9.17) is 16.3 Å². The van der Waals surface area contributed by atoms with Gasteiger partial charge in [0.2, 0.25) is 5.28 Å². The second kappa shape index (κ2) is 5.05. The third kappa shape index (κ3) is 2.68. The maximum absolute atomic E-state index is 5.83. The van der Waals surface area contributed by atoms with E-state index in [0.717, 1.165) is 11.1 Å². The van der Waals surface area contributed by atoms with E-state index in [-0.39, 0.29) is 11.3 Å². The summed E-state index contributed by atoms with van der Waals surface area (Å²) in [7, 11) is 0. The molecule has 0 aliphatic rings. The lowest BCUT2D eigenvalue weighted by Gasteiger charge is -2.06. The summed E-state index contributed by atoms with van der Waals surface area (Å²) in [6.45, 7) is 4.27. The summed E-state index contributed by atoms with van der Waals surface area (Å²) in [5.41, 5.74) is 1.84. The van der Waals surface area contributed by atoms with Crippen molar-refractivity contribution in [1.82, 2.24) is 19.9 Å². The predicted molar refractivity (Wildman–Crippen MR) is 64.0 cm³/mol. The first-order valence-corrected chi connectivity index (χ1v) is 5.54. The van der Waals surface area contributed by atoms with Crippen LogP contribution in [0.1, 0.15) is 12.5 Å². The summed E-state index contributed by atoms with van der Waals surface area (Å²) < 4.78 is 5.23. The molecule has 88 valence electrons. The highest BCUT2D eigenvalue weighted by molar-refractivity contribution is 6.28. The van der Waals surface area contributed by atoms with E-state index in [1.54, 1.807) is 12.4 Å². The number of halogens is 1. The third-order valence-electron chi connectivity index (χ3n) is 2.12. The third-order valence-corrected chi connectivity index (χ3v) is 2.29. The van der Waals surface area contributed by atoms with Crippen molar-refractivity contribution in [3.8, 4) is 17.4 Å². The highest BCUT2D eigenvalue weighted by Gasteiger charge is 2.09. The molecular formula is C11H11ClN4O. The standard InChI is InChI=1S/C11H11ClN4O/c1-3-17-11-15-9(14-10(12)16-11)8-4-5-13-6-7(8)2/h4-6H,3H2,1-2H3. The number of aryl methyl sites for hydroxylation is 1. The average Bonchev–Trinajstić information content (AvgIpc) is 2.29. The molecule has 0 amide bonds.